The average molecular weight is 776 g/mol. The molecular weight excluding hydrogens is 747 g/mol. The lowest BCUT2D eigenvalue weighted by Gasteiger charge is -2.25. The Balaban J connectivity index is 3.94. The predicted molar refractivity (Wildman–Crippen MR) is 139 cm³/mol. The molecule has 0 aliphatic carbocycles. The van der Waals surface area contributed by atoms with Crippen LogP contribution >= 0.6 is 107 Å². The van der Waals surface area contributed by atoms with Gasteiger partial charge in [-0.25, -0.2) is 0 Å². The SMILES string of the molecule is CCC(Br)C(Br)CC(Br)C(Br)CC(Br)C(Br)CCCCCCCC(=O)Cl. The van der Waals surface area contributed by atoms with E-state index >= 15 is 0 Å². The van der Waals surface area contributed by atoms with Crippen molar-refractivity contribution in [3.63, 3.8) is 0 Å². The lowest BCUT2D eigenvalue weighted by atomic mass is 10.0. The zero-order chi connectivity index (χ0) is 20.1. The Morgan fingerprint density at radius 1 is 0.692 bits per heavy atom. The number of carbonyl (C=O) groups is 1. The highest BCUT2D eigenvalue weighted by molar-refractivity contribution is 9.13. The fourth-order valence-electron chi connectivity index (χ4n) is 2.59. The van der Waals surface area contributed by atoms with E-state index < -0.39 is 0 Å². The minimum Gasteiger partial charge on any atom is -0.281 e. The van der Waals surface area contributed by atoms with Crippen LogP contribution in [-0.2, 0) is 4.79 Å². The first kappa shape index (κ1) is 28.8. The van der Waals surface area contributed by atoms with Crippen molar-refractivity contribution in [1.82, 2.24) is 0 Å². The van der Waals surface area contributed by atoms with Crippen LogP contribution in [0.25, 0.3) is 0 Å². The van der Waals surface area contributed by atoms with Crippen LogP contribution in [0.15, 0.2) is 0 Å². The second kappa shape index (κ2) is 17.5. The second-order valence-corrected chi connectivity index (χ2v) is 14.1. The fourth-order valence-corrected chi connectivity index (χ4v) is 7.16. The van der Waals surface area contributed by atoms with Crippen molar-refractivity contribution in [2.45, 2.75) is 100 Å². The number of carbonyl (C=O) groups excluding carboxylic acids is 1. The van der Waals surface area contributed by atoms with Crippen molar-refractivity contribution in [1.29, 1.82) is 0 Å². The van der Waals surface area contributed by atoms with Gasteiger partial charge >= 0.3 is 0 Å². The summed E-state index contributed by atoms with van der Waals surface area (Å²) >= 11 is 28.3. The summed E-state index contributed by atoms with van der Waals surface area (Å²) < 4.78 is 0. The lowest BCUT2D eigenvalue weighted by molar-refractivity contribution is -0.111. The van der Waals surface area contributed by atoms with Gasteiger partial charge in [0.2, 0.25) is 5.24 Å². The molecule has 0 N–H and O–H groups in total. The molecule has 0 saturated carbocycles. The number of alkyl halides is 6. The molecule has 0 radical (unpaired) electrons. The molecule has 0 aromatic heterocycles. The van der Waals surface area contributed by atoms with Gasteiger partial charge in [-0.15, -0.1) is 0 Å². The first-order valence-corrected chi connectivity index (χ1v) is 15.1. The molecule has 0 bridgehead atoms. The van der Waals surface area contributed by atoms with E-state index in [4.69, 9.17) is 11.6 Å². The number of rotatable bonds is 16. The fraction of sp³-hybridized carbons (Fsp3) is 0.944. The summed E-state index contributed by atoms with van der Waals surface area (Å²) in [4.78, 5) is 13.4. The molecular formula is C18H29Br6ClO. The Hall–Kier alpha value is 2.84. The smallest absolute Gasteiger partial charge is 0.221 e. The highest BCUT2D eigenvalue weighted by atomic mass is 79.9. The van der Waals surface area contributed by atoms with Crippen LogP contribution in [0.2, 0.25) is 0 Å². The van der Waals surface area contributed by atoms with E-state index in [1.165, 1.54) is 19.3 Å². The Kier molecular flexibility index (Phi) is 19.4. The molecule has 0 aliphatic heterocycles. The van der Waals surface area contributed by atoms with Gasteiger partial charge in [0.1, 0.15) is 0 Å². The van der Waals surface area contributed by atoms with Gasteiger partial charge in [-0.1, -0.05) is 128 Å². The molecule has 0 spiro atoms. The third-order valence-electron chi connectivity index (χ3n) is 4.32. The van der Waals surface area contributed by atoms with E-state index in [0.717, 1.165) is 38.5 Å². The van der Waals surface area contributed by atoms with E-state index in [2.05, 4.69) is 103 Å². The normalized spacial score (nSPS) is 18.8. The summed E-state index contributed by atoms with van der Waals surface area (Å²) in [5, 5.41) is -0.213. The maximum absolute atomic E-state index is 10.7. The number of hydrogen-bond donors (Lipinski definition) is 0. The molecule has 8 heteroatoms. The van der Waals surface area contributed by atoms with Gasteiger partial charge in [0, 0.05) is 35.4 Å². The third kappa shape index (κ3) is 14.8. The number of halogens is 7. The third-order valence-corrected chi connectivity index (χ3v) is 13.1. The molecule has 0 saturated heterocycles. The van der Waals surface area contributed by atoms with Gasteiger partial charge in [0.25, 0.3) is 0 Å². The second-order valence-electron chi connectivity index (χ2n) is 6.64. The maximum Gasteiger partial charge on any atom is 0.221 e. The minimum atomic E-state index is -0.213. The molecule has 0 aromatic carbocycles. The molecule has 0 heterocycles. The van der Waals surface area contributed by atoms with Gasteiger partial charge in [0.05, 0.1) is 0 Å². The quantitative estimate of drug-likeness (QED) is 0.0869. The summed E-state index contributed by atoms with van der Waals surface area (Å²) in [7, 11) is 0. The van der Waals surface area contributed by atoms with Crippen molar-refractivity contribution >= 4 is 112 Å². The Labute approximate surface area is 215 Å². The van der Waals surface area contributed by atoms with Gasteiger partial charge in [-0.3, -0.25) is 4.79 Å². The molecule has 156 valence electrons. The zero-order valence-corrected chi connectivity index (χ0v) is 25.4. The summed E-state index contributed by atoms with van der Waals surface area (Å²) in [6.07, 6.45) is 10.6. The highest BCUT2D eigenvalue weighted by Gasteiger charge is 2.26. The molecule has 0 amide bonds. The highest BCUT2D eigenvalue weighted by Crippen LogP contribution is 2.33. The van der Waals surface area contributed by atoms with E-state index in [0.29, 0.717) is 35.4 Å². The van der Waals surface area contributed by atoms with Crippen molar-refractivity contribution in [2.24, 2.45) is 0 Å². The van der Waals surface area contributed by atoms with Gasteiger partial charge in [-0.05, 0) is 43.7 Å². The van der Waals surface area contributed by atoms with Crippen molar-refractivity contribution < 1.29 is 4.79 Å². The summed E-state index contributed by atoms with van der Waals surface area (Å²) in [6.45, 7) is 2.20. The summed E-state index contributed by atoms with van der Waals surface area (Å²) in [5.74, 6) is 0. The first-order valence-electron chi connectivity index (χ1n) is 9.21. The molecule has 0 fully saturated rings. The molecule has 1 nitrogen and oxygen atoms in total. The Morgan fingerprint density at radius 2 is 1.12 bits per heavy atom. The molecule has 0 aromatic rings. The van der Waals surface area contributed by atoms with Crippen molar-refractivity contribution in [3.8, 4) is 0 Å². The van der Waals surface area contributed by atoms with E-state index in [1.807, 2.05) is 0 Å². The molecule has 0 rings (SSSR count). The topological polar surface area (TPSA) is 17.1 Å². The van der Waals surface area contributed by atoms with Crippen LogP contribution in [0, 0.1) is 0 Å². The minimum absolute atomic E-state index is 0.213. The van der Waals surface area contributed by atoms with Gasteiger partial charge in [0.15, 0.2) is 0 Å². The van der Waals surface area contributed by atoms with Crippen LogP contribution in [-0.4, -0.2) is 34.2 Å². The van der Waals surface area contributed by atoms with Crippen LogP contribution in [0.3, 0.4) is 0 Å². The van der Waals surface area contributed by atoms with Crippen molar-refractivity contribution in [2.75, 3.05) is 0 Å². The molecule has 26 heavy (non-hydrogen) atoms. The molecule has 6 unspecified atom stereocenters. The Bertz CT molecular complexity index is 374. The monoisotopic (exact) mass is 770 g/mol. The predicted octanol–water partition coefficient (Wildman–Crippen LogP) is 9.25. The number of unbranched alkanes of at least 4 members (excludes halogenated alkanes) is 4. The van der Waals surface area contributed by atoms with Crippen LogP contribution < -0.4 is 0 Å². The van der Waals surface area contributed by atoms with E-state index in [-0.39, 0.29) is 5.24 Å². The maximum atomic E-state index is 10.7. The first-order chi connectivity index (χ1) is 12.2. The number of hydrogen-bond acceptors (Lipinski definition) is 1. The molecule has 6 atom stereocenters. The van der Waals surface area contributed by atoms with E-state index in [9.17, 15) is 4.79 Å². The van der Waals surface area contributed by atoms with E-state index in [1.54, 1.807) is 0 Å². The summed E-state index contributed by atoms with van der Waals surface area (Å²) in [5.41, 5.74) is 0. The zero-order valence-electron chi connectivity index (χ0n) is 15.1. The lowest BCUT2D eigenvalue weighted by Crippen LogP contribution is -2.27. The van der Waals surface area contributed by atoms with Gasteiger partial charge < -0.3 is 0 Å². The van der Waals surface area contributed by atoms with Gasteiger partial charge in [-0.2, -0.15) is 0 Å². The average Bonchev–Trinajstić information content (AvgIpc) is 2.59. The van der Waals surface area contributed by atoms with Crippen LogP contribution in [0.1, 0.15) is 71.1 Å². The standard InChI is InChI=1S/C18H29Br6ClO/c1-2-12(19)14(21)10-16(23)17(24)11-15(22)13(20)8-6-4-3-5-7-9-18(25)26/h12-17H,2-11H2,1H3. The Morgan fingerprint density at radius 3 is 1.62 bits per heavy atom. The van der Waals surface area contributed by atoms with Crippen LogP contribution in [0.5, 0.6) is 0 Å². The van der Waals surface area contributed by atoms with Crippen molar-refractivity contribution in [3.05, 3.63) is 0 Å². The van der Waals surface area contributed by atoms with Crippen LogP contribution in [0.4, 0.5) is 0 Å². The summed E-state index contributed by atoms with van der Waals surface area (Å²) in [6, 6.07) is 0. The largest absolute Gasteiger partial charge is 0.281 e. The molecule has 0 aliphatic rings.